The lowest BCUT2D eigenvalue weighted by molar-refractivity contribution is 0.0233. The van der Waals surface area contributed by atoms with Gasteiger partial charge in [-0.3, -0.25) is 0 Å². The first kappa shape index (κ1) is 11.3. The van der Waals surface area contributed by atoms with Gasteiger partial charge < -0.3 is 19.9 Å². The summed E-state index contributed by atoms with van der Waals surface area (Å²) in [6.45, 7) is 4.60. The zero-order chi connectivity index (χ0) is 10.6. The fourth-order valence-corrected chi connectivity index (χ4v) is 2.20. The van der Waals surface area contributed by atoms with E-state index in [-0.39, 0.29) is 0 Å². The Balaban J connectivity index is 1.61. The minimum absolute atomic E-state index is 0.480. The quantitative estimate of drug-likeness (QED) is 0.701. The molecule has 1 atom stereocenters. The molecule has 0 amide bonds. The van der Waals surface area contributed by atoms with Crippen molar-refractivity contribution < 1.29 is 14.6 Å². The third-order valence-electron chi connectivity index (χ3n) is 3.31. The van der Waals surface area contributed by atoms with Crippen LogP contribution < -0.4 is 5.32 Å². The van der Waals surface area contributed by atoms with Gasteiger partial charge in [0.05, 0.1) is 6.61 Å². The third kappa shape index (κ3) is 3.41. The Bertz CT molecular complexity index is 186. The zero-order valence-corrected chi connectivity index (χ0v) is 9.21. The molecule has 2 N–H and O–H groups in total. The van der Waals surface area contributed by atoms with Crippen molar-refractivity contribution in [2.75, 3.05) is 39.5 Å². The lowest BCUT2D eigenvalue weighted by Crippen LogP contribution is -2.43. The molecule has 0 bridgehead atoms. The van der Waals surface area contributed by atoms with Crippen LogP contribution in [0.1, 0.15) is 19.3 Å². The Morgan fingerprint density at radius 3 is 2.67 bits per heavy atom. The number of hydrogen-bond acceptors (Lipinski definition) is 4. The van der Waals surface area contributed by atoms with Gasteiger partial charge in [-0.2, -0.15) is 0 Å². The summed E-state index contributed by atoms with van der Waals surface area (Å²) in [4.78, 5) is 0. The van der Waals surface area contributed by atoms with Gasteiger partial charge in [0.2, 0.25) is 0 Å². The van der Waals surface area contributed by atoms with Crippen molar-refractivity contribution in [3.8, 4) is 0 Å². The van der Waals surface area contributed by atoms with Crippen LogP contribution in [-0.4, -0.2) is 50.2 Å². The van der Waals surface area contributed by atoms with E-state index in [1.54, 1.807) is 0 Å². The summed E-state index contributed by atoms with van der Waals surface area (Å²) in [5, 5.41) is 13.4. The van der Waals surface area contributed by atoms with E-state index < -0.39 is 5.60 Å². The lowest BCUT2D eigenvalue weighted by atomic mass is 9.99. The molecule has 1 unspecified atom stereocenters. The van der Waals surface area contributed by atoms with Crippen molar-refractivity contribution in [1.29, 1.82) is 0 Å². The van der Waals surface area contributed by atoms with E-state index in [0.717, 1.165) is 39.0 Å². The second kappa shape index (κ2) is 5.25. The van der Waals surface area contributed by atoms with Crippen LogP contribution in [0.15, 0.2) is 0 Å². The Morgan fingerprint density at radius 1 is 1.20 bits per heavy atom. The lowest BCUT2D eigenvalue weighted by Gasteiger charge is -2.25. The maximum absolute atomic E-state index is 10.0. The second-order valence-corrected chi connectivity index (χ2v) is 4.71. The predicted octanol–water partition coefficient (Wildman–Crippen LogP) is 0.154. The van der Waals surface area contributed by atoms with Gasteiger partial charge in [0.25, 0.3) is 0 Å². The largest absolute Gasteiger partial charge is 0.386 e. The number of nitrogens with one attached hydrogen (secondary N) is 1. The fraction of sp³-hybridized carbons (Fsp3) is 1.00. The van der Waals surface area contributed by atoms with E-state index in [1.165, 1.54) is 0 Å². The second-order valence-electron chi connectivity index (χ2n) is 4.71. The molecule has 2 aliphatic heterocycles. The van der Waals surface area contributed by atoms with E-state index >= 15 is 0 Å². The molecule has 0 aliphatic carbocycles. The van der Waals surface area contributed by atoms with Gasteiger partial charge in [0.15, 0.2) is 0 Å². The van der Waals surface area contributed by atoms with Crippen LogP contribution in [0.3, 0.4) is 0 Å². The molecule has 2 saturated heterocycles. The first-order valence-corrected chi connectivity index (χ1v) is 5.87. The molecule has 0 radical (unpaired) electrons. The van der Waals surface area contributed by atoms with Crippen molar-refractivity contribution >= 4 is 0 Å². The third-order valence-corrected chi connectivity index (χ3v) is 3.31. The fourth-order valence-electron chi connectivity index (χ4n) is 2.20. The average Bonchev–Trinajstić information content (AvgIpc) is 2.67. The van der Waals surface area contributed by atoms with E-state index in [1.807, 2.05) is 0 Å². The summed E-state index contributed by atoms with van der Waals surface area (Å²) in [5.74, 6) is 0.713. The molecule has 0 aromatic carbocycles. The molecule has 2 rings (SSSR count). The molecule has 2 heterocycles. The van der Waals surface area contributed by atoms with Crippen molar-refractivity contribution in [2.24, 2.45) is 5.92 Å². The highest BCUT2D eigenvalue weighted by Gasteiger charge is 2.31. The van der Waals surface area contributed by atoms with Crippen molar-refractivity contribution in [3.63, 3.8) is 0 Å². The summed E-state index contributed by atoms with van der Waals surface area (Å²) in [6.07, 6.45) is 3.04. The van der Waals surface area contributed by atoms with Crippen LogP contribution in [0.4, 0.5) is 0 Å². The van der Waals surface area contributed by atoms with Crippen LogP contribution in [-0.2, 0) is 9.47 Å². The molecule has 4 nitrogen and oxygen atoms in total. The molecule has 0 aromatic heterocycles. The van der Waals surface area contributed by atoms with Gasteiger partial charge in [-0.25, -0.2) is 0 Å². The van der Waals surface area contributed by atoms with E-state index in [2.05, 4.69) is 5.32 Å². The molecular formula is C11H21NO3. The standard InChI is InChI=1S/C11H21NO3/c13-11(3-6-15-9-11)8-12-7-10-1-4-14-5-2-10/h10,12-13H,1-9H2. The number of hydrogen-bond donors (Lipinski definition) is 2. The zero-order valence-electron chi connectivity index (χ0n) is 9.21. The van der Waals surface area contributed by atoms with Gasteiger partial charge in [-0.05, 0) is 25.3 Å². The minimum atomic E-state index is -0.620. The Labute approximate surface area is 90.9 Å². The Kier molecular flexibility index (Phi) is 3.97. The van der Waals surface area contributed by atoms with Gasteiger partial charge in [0.1, 0.15) is 5.60 Å². The summed E-state index contributed by atoms with van der Waals surface area (Å²) >= 11 is 0. The van der Waals surface area contributed by atoms with Crippen molar-refractivity contribution in [1.82, 2.24) is 5.32 Å². The van der Waals surface area contributed by atoms with E-state index in [9.17, 15) is 5.11 Å². The van der Waals surface area contributed by atoms with Crippen LogP contribution in [0.2, 0.25) is 0 Å². The molecule has 2 aliphatic rings. The topological polar surface area (TPSA) is 50.7 Å². The normalized spacial score (nSPS) is 33.4. The predicted molar refractivity (Wildman–Crippen MR) is 56.8 cm³/mol. The Hall–Kier alpha value is -0.160. The number of ether oxygens (including phenoxy) is 2. The summed E-state index contributed by atoms with van der Waals surface area (Å²) < 4.78 is 10.5. The van der Waals surface area contributed by atoms with Crippen molar-refractivity contribution in [3.05, 3.63) is 0 Å². The van der Waals surface area contributed by atoms with Gasteiger partial charge in [-0.1, -0.05) is 0 Å². The highest BCUT2D eigenvalue weighted by atomic mass is 16.5. The molecule has 0 aromatic rings. The monoisotopic (exact) mass is 215 g/mol. The SMILES string of the molecule is OC1(CNCC2CCOCC2)CCOC1. The summed E-state index contributed by atoms with van der Waals surface area (Å²) in [5.41, 5.74) is -0.620. The molecule has 15 heavy (non-hydrogen) atoms. The van der Waals surface area contributed by atoms with Gasteiger partial charge >= 0.3 is 0 Å². The number of aliphatic hydroxyl groups is 1. The molecule has 88 valence electrons. The van der Waals surface area contributed by atoms with E-state index in [4.69, 9.17) is 9.47 Å². The maximum atomic E-state index is 10.0. The summed E-state index contributed by atoms with van der Waals surface area (Å²) in [6, 6.07) is 0. The first-order chi connectivity index (χ1) is 7.29. The van der Waals surface area contributed by atoms with Crippen LogP contribution in [0.25, 0.3) is 0 Å². The minimum Gasteiger partial charge on any atom is -0.386 e. The molecule has 2 fully saturated rings. The Morgan fingerprint density at radius 2 is 2.00 bits per heavy atom. The van der Waals surface area contributed by atoms with Gasteiger partial charge in [-0.15, -0.1) is 0 Å². The highest BCUT2D eigenvalue weighted by molar-refractivity contribution is 4.85. The smallest absolute Gasteiger partial charge is 0.102 e. The van der Waals surface area contributed by atoms with Gasteiger partial charge in [0, 0.05) is 32.8 Å². The van der Waals surface area contributed by atoms with Crippen LogP contribution in [0.5, 0.6) is 0 Å². The maximum Gasteiger partial charge on any atom is 0.102 e. The van der Waals surface area contributed by atoms with Crippen LogP contribution in [0, 0.1) is 5.92 Å². The summed E-state index contributed by atoms with van der Waals surface area (Å²) in [7, 11) is 0. The molecule has 0 spiro atoms. The molecule has 4 heteroatoms. The molecular weight excluding hydrogens is 194 g/mol. The van der Waals surface area contributed by atoms with Crippen molar-refractivity contribution in [2.45, 2.75) is 24.9 Å². The first-order valence-electron chi connectivity index (χ1n) is 5.87. The van der Waals surface area contributed by atoms with E-state index in [0.29, 0.717) is 25.7 Å². The van der Waals surface area contributed by atoms with Crippen LogP contribution >= 0.6 is 0 Å². The number of rotatable bonds is 4. The average molecular weight is 215 g/mol. The molecule has 0 saturated carbocycles. The highest BCUT2D eigenvalue weighted by Crippen LogP contribution is 2.18.